The van der Waals surface area contributed by atoms with Gasteiger partial charge in [0.15, 0.2) is 0 Å². The van der Waals surface area contributed by atoms with E-state index in [2.05, 4.69) is 6.58 Å². The fourth-order valence-electron chi connectivity index (χ4n) is 1.07. The van der Waals surface area contributed by atoms with Crippen molar-refractivity contribution in [3.63, 3.8) is 0 Å². The van der Waals surface area contributed by atoms with E-state index in [-0.39, 0.29) is 12.0 Å². The van der Waals surface area contributed by atoms with Crippen LogP contribution in [0.15, 0.2) is 42.5 Å². The first kappa shape index (κ1) is 10.2. The molecule has 0 saturated carbocycles. The van der Waals surface area contributed by atoms with Gasteiger partial charge in [-0.25, -0.2) is 4.79 Å². The van der Waals surface area contributed by atoms with Crippen molar-refractivity contribution in [3.8, 4) is 0 Å². The van der Waals surface area contributed by atoms with Gasteiger partial charge < -0.3 is 5.11 Å². The quantitative estimate of drug-likeness (QED) is 0.577. The third-order valence-electron chi connectivity index (χ3n) is 1.78. The second-order valence-corrected chi connectivity index (χ2v) is 2.90. The van der Waals surface area contributed by atoms with Crippen molar-refractivity contribution < 1.29 is 14.7 Å². The topological polar surface area (TPSA) is 54.4 Å². The SMILES string of the molecule is C=C(Cc1ccccc1)C(=O)C(=O)O. The molecule has 0 unspecified atom stereocenters. The molecule has 0 heterocycles. The first-order valence-electron chi connectivity index (χ1n) is 4.10. The summed E-state index contributed by atoms with van der Waals surface area (Å²) in [6, 6.07) is 9.15. The van der Waals surface area contributed by atoms with Crippen molar-refractivity contribution in [3.05, 3.63) is 48.0 Å². The van der Waals surface area contributed by atoms with Crippen LogP contribution in [0.5, 0.6) is 0 Å². The van der Waals surface area contributed by atoms with Gasteiger partial charge in [-0.05, 0) is 5.56 Å². The normalized spacial score (nSPS) is 9.43. The number of ketones is 1. The molecule has 1 aromatic carbocycles. The molecular weight excluding hydrogens is 180 g/mol. The van der Waals surface area contributed by atoms with Crippen LogP contribution in [-0.4, -0.2) is 16.9 Å². The van der Waals surface area contributed by atoms with Gasteiger partial charge in [-0.1, -0.05) is 36.9 Å². The second kappa shape index (κ2) is 4.37. The molecule has 0 aliphatic heterocycles. The molecule has 72 valence electrons. The largest absolute Gasteiger partial charge is 0.475 e. The van der Waals surface area contributed by atoms with Gasteiger partial charge in [-0.3, -0.25) is 4.79 Å². The van der Waals surface area contributed by atoms with Crippen LogP contribution in [-0.2, 0) is 16.0 Å². The summed E-state index contributed by atoms with van der Waals surface area (Å²) in [4.78, 5) is 21.3. The highest BCUT2D eigenvalue weighted by Gasteiger charge is 2.15. The van der Waals surface area contributed by atoms with Crippen molar-refractivity contribution in [1.29, 1.82) is 0 Å². The van der Waals surface area contributed by atoms with Crippen LogP contribution in [0.2, 0.25) is 0 Å². The van der Waals surface area contributed by atoms with E-state index in [1.54, 1.807) is 0 Å². The van der Waals surface area contributed by atoms with E-state index in [1.165, 1.54) is 0 Å². The maximum absolute atomic E-state index is 10.9. The summed E-state index contributed by atoms with van der Waals surface area (Å²) < 4.78 is 0. The zero-order valence-corrected chi connectivity index (χ0v) is 7.56. The lowest BCUT2D eigenvalue weighted by Gasteiger charge is -2.00. The molecule has 3 heteroatoms. The van der Waals surface area contributed by atoms with Crippen LogP contribution in [0, 0.1) is 0 Å². The van der Waals surface area contributed by atoms with E-state index in [4.69, 9.17) is 5.11 Å². The smallest absolute Gasteiger partial charge is 0.376 e. The molecule has 1 N–H and O–H groups in total. The predicted molar refractivity (Wildman–Crippen MR) is 51.9 cm³/mol. The number of Topliss-reactive ketones (excluding diaryl/α,β-unsaturated/α-hetero) is 1. The third-order valence-corrected chi connectivity index (χ3v) is 1.78. The molecule has 1 rings (SSSR count). The monoisotopic (exact) mass is 190 g/mol. The van der Waals surface area contributed by atoms with Gasteiger partial charge in [0.05, 0.1) is 0 Å². The molecule has 0 fully saturated rings. The fraction of sp³-hybridized carbons (Fsp3) is 0.0909. The van der Waals surface area contributed by atoms with Crippen LogP contribution >= 0.6 is 0 Å². The molecule has 0 aromatic heterocycles. The molecule has 0 amide bonds. The summed E-state index contributed by atoms with van der Waals surface area (Å²) in [6.45, 7) is 3.44. The summed E-state index contributed by atoms with van der Waals surface area (Å²) >= 11 is 0. The fourth-order valence-corrected chi connectivity index (χ4v) is 1.07. The number of carboxylic acid groups (broad SMARTS) is 1. The number of hydrogen-bond acceptors (Lipinski definition) is 2. The molecule has 0 aliphatic rings. The van der Waals surface area contributed by atoms with Crippen LogP contribution in [0.3, 0.4) is 0 Å². The third kappa shape index (κ3) is 2.55. The van der Waals surface area contributed by atoms with Crippen molar-refractivity contribution in [2.45, 2.75) is 6.42 Å². The van der Waals surface area contributed by atoms with Gasteiger partial charge in [-0.2, -0.15) is 0 Å². The molecule has 0 bridgehead atoms. The Morgan fingerprint density at radius 3 is 2.29 bits per heavy atom. The number of carbonyl (C=O) groups is 2. The van der Waals surface area contributed by atoms with Gasteiger partial charge in [0.1, 0.15) is 0 Å². The first-order chi connectivity index (χ1) is 6.61. The number of benzene rings is 1. The van der Waals surface area contributed by atoms with E-state index in [0.717, 1.165) is 5.56 Å². The summed E-state index contributed by atoms with van der Waals surface area (Å²) in [5.74, 6) is -2.38. The first-order valence-corrected chi connectivity index (χ1v) is 4.10. The minimum absolute atomic E-state index is 0.101. The Labute approximate surface area is 81.7 Å². The highest BCUT2D eigenvalue weighted by Crippen LogP contribution is 2.06. The molecular formula is C11H10O3. The minimum atomic E-state index is -1.45. The van der Waals surface area contributed by atoms with E-state index < -0.39 is 11.8 Å². The molecule has 0 atom stereocenters. The Bertz CT molecular complexity index is 365. The highest BCUT2D eigenvalue weighted by atomic mass is 16.4. The van der Waals surface area contributed by atoms with Crippen LogP contribution in [0.25, 0.3) is 0 Å². The number of rotatable bonds is 4. The summed E-state index contributed by atoms with van der Waals surface area (Å²) in [6.07, 6.45) is 0.284. The van der Waals surface area contributed by atoms with Crippen molar-refractivity contribution in [2.24, 2.45) is 0 Å². The van der Waals surface area contributed by atoms with Crippen molar-refractivity contribution >= 4 is 11.8 Å². The van der Waals surface area contributed by atoms with E-state index in [9.17, 15) is 9.59 Å². The summed E-state index contributed by atoms with van der Waals surface area (Å²) in [5, 5.41) is 8.42. The maximum atomic E-state index is 10.9. The Morgan fingerprint density at radius 2 is 1.79 bits per heavy atom. The molecule has 3 nitrogen and oxygen atoms in total. The van der Waals surface area contributed by atoms with E-state index >= 15 is 0 Å². The summed E-state index contributed by atoms with van der Waals surface area (Å²) in [5.41, 5.74) is 0.982. The van der Waals surface area contributed by atoms with Crippen molar-refractivity contribution in [2.75, 3.05) is 0 Å². The maximum Gasteiger partial charge on any atom is 0.376 e. The Morgan fingerprint density at radius 1 is 1.21 bits per heavy atom. The zero-order chi connectivity index (χ0) is 10.6. The molecule has 0 spiro atoms. The number of carboxylic acids is 1. The van der Waals surface area contributed by atoms with Crippen LogP contribution in [0.4, 0.5) is 0 Å². The molecule has 0 saturated heterocycles. The minimum Gasteiger partial charge on any atom is -0.475 e. The molecule has 0 radical (unpaired) electrons. The van der Waals surface area contributed by atoms with Crippen LogP contribution < -0.4 is 0 Å². The number of aliphatic carboxylic acids is 1. The number of hydrogen-bond donors (Lipinski definition) is 1. The Balaban J connectivity index is 2.67. The van der Waals surface area contributed by atoms with E-state index in [0.29, 0.717) is 0 Å². The average Bonchev–Trinajstić information content (AvgIpc) is 2.18. The van der Waals surface area contributed by atoms with E-state index in [1.807, 2.05) is 30.3 Å². The van der Waals surface area contributed by atoms with Gasteiger partial charge in [-0.15, -0.1) is 0 Å². The van der Waals surface area contributed by atoms with Gasteiger partial charge >= 0.3 is 5.97 Å². The van der Waals surface area contributed by atoms with Gasteiger partial charge in [0, 0.05) is 12.0 Å². The number of carbonyl (C=O) groups excluding carboxylic acids is 1. The summed E-state index contributed by atoms with van der Waals surface area (Å²) in [7, 11) is 0. The lowest BCUT2D eigenvalue weighted by molar-refractivity contribution is -0.147. The van der Waals surface area contributed by atoms with Crippen LogP contribution in [0.1, 0.15) is 5.56 Å². The lowest BCUT2D eigenvalue weighted by Crippen LogP contribution is -2.15. The van der Waals surface area contributed by atoms with Crippen molar-refractivity contribution in [1.82, 2.24) is 0 Å². The highest BCUT2D eigenvalue weighted by molar-refractivity contribution is 6.39. The predicted octanol–water partition coefficient (Wildman–Crippen LogP) is 1.44. The Hall–Kier alpha value is -1.90. The second-order valence-electron chi connectivity index (χ2n) is 2.90. The average molecular weight is 190 g/mol. The molecule has 0 aliphatic carbocycles. The zero-order valence-electron chi connectivity index (χ0n) is 7.56. The molecule has 14 heavy (non-hydrogen) atoms. The molecule has 1 aromatic rings. The Kier molecular flexibility index (Phi) is 3.18. The standard InChI is InChI=1S/C11H10O3/c1-8(10(12)11(13)14)7-9-5-3-2-4-6-9/h2-6H,1,7H2,(H,13,14). The van der Waals surface area contributed by atoms with Gasteiger partial charge in [0.2, 0.25) is 0 Å². The van der Waals surface area contributed by atoms with Gasteiger partial charge in [0.25, 0.3) is 5.78 Å². The lowest BCUT2D eigenvalue weighted by atomic mass is 10.0.